The second-order valence-corrected chi connectivity index (χ2v) is 8.32. The lowest BCUT2D eigenvalue weighted by Gasteiger charge is -2.12. The molecule has 166 valence electrons. The van der Waals surface area contributed by atoms with Gasteiger partial charge in [0.2, 0.25) is 0 Å². The maximum atomic E-state index is 11.1. The number of carboxylic acids is 1. The first-order valence-corrected chi connectivity index (χ1v) is 11.4. The van der Waals surface area contributed by atoms with E-state index in [2.05, 4.69) is 33.5 Å². The molecule has 0 saturated carbocycles. The fourth-order valence-electron chi connectivity index (χ4n) is 3.62. The van der Waals surface area contributed by atoms with E-state index < -0.39 is 5.97 Å². The zero-order valence-corrected chi connectivity index (χ0v) is 18.9. The van der Waals surface area contributed by atoms with Crippen molar-refractivity contribution in [2.75, 3.05) is 18.5 Å². The molecule has 0 bridgehead atoms. The summed E-state index contributed by atoms with van der Waals surface area (Å²) in [5.41, 5.74) is 3.83. The molecule has 0 saturated heterocycles. The predicted molar refractivity (Wildman–Crippen MR) is 129 cm³/mol. The van der Waals surface area contributed by atoms with Crippen molar-refractivity contribution in [2.24, 2.45) is 0 Å². The van der Waals surface area contributed by atoms with Crippen LogP contribution < -0.4 is 10.1 Å². The van der Waals surface area contributed by atoms with Crippen LogP contribution in [0.15, 0.2) is 54.2 Å². The van der Waals surface area contributed by atoms with E-state index in [0.717, 1.165) is 21.2 Å². The van der Waals surface area contributed by atoms with Gasteiger partial charge < -0.3 is 15.2 Å². The molecule has 33 heavy (non-hydrogen) atoms. The molecule has 0 atom stereocenters. The van der Waals surface area contributed by atoms with Gasteiger partial charge >= 0.3 is 5.97 Å². The first-order valence-electron chi connectivity index (χ1n) is 10.5. The van der Waals surface area contributed by atoms with Crippen LogP contribution in [0.2, 0.25) is 0 Å². The van der Waals surface area contributed by atoms with E-state index in [0.29, 0.717) is 48.0 Å². The molecule has 2 aromatic carbocycles. The molecule has 4 rings (SSSR count). The molecule has 0 spiro atoms. The van der Waals surface area contributed by atoms with Gasteiger partial charge in [0, 0.05) is 28.4 Å². The number of carboxylic acid groups (broad SMARTS) is 1. The highest BCUT2D eigenvalue weighted by atomic mass is 32.1. The van der Waals surface area contributed by atoms with E-state index in [1.807, 2.05) is 36.6 Å². The number of nitriles is 1. The van der Waals surface area contributed by atoms with Gasteiger partial charge in [0.05, 0.1) is 30.4 Å². The van der Waals surface area contributed by atoms with Gasteiger partial charge in [-0.3, -0.25) is 4.79 Å². The van der Waals surface area contributed by atoms with Gasteiger partial charge in [-0.2, -0.15) is 5.26 Å². The van der Waals surface area contributed by atoms with Crippen molar-refractivity contribution >= 4 is 33.2 Å². The van der Waals surface area contributed by atoms with Gasteiger partial charge in [0.25, 0.3) is 0 Å². The molecule has 4 aromatic rings. The number of carbonyl (C=O) groups is 1. The second-order valence-electron chi connectivity index (χ2n) is 7.37. The predicted octanol–water partition coefficient (Wildman–Crippen LogP) is 4.91. The summed E-state index contributed by atoms with van der Waals surface area (Å²) in [4.78, 5) is 19.8. The number of ether oxygens (including phenoxy) is 1. The first kappa shape index (κ1) is 22.2. The Hall–Kier alpha value is -3.96. The Kier molecular flexibility index (Phi) is 6.81. The van der Waals surface area contributed by atoms with Crippen LogP contribution in [0.1, 0.15) is 23.6 Å². The largest absolute Gasteiger partial charge is 0.494 e. The molecule has 2 N–H and O–H groups in total. The topological polar surface area (TPSA) is 108 Å². The molecule has 0 radical (unpaired) electrons. The number of hydrogen-bond donors (Lipinski definition) is 2. The maximum Gasteiger partial charge on any atom is 0.307 e. The van der Waals surface area contributed by atoms with Crippen molar-refractivity contribution in [1.82, 2.24) is 9.97 Å². The van der Waals surface area contributed by atoms with Gasteiger partial charge in [-0.15, -0.1) is 11.3 Å². The molecule has 0 aliphatic carbocycles. The highest BCUT2D eigenvalue weighted by Gasteiger charge is 2.12. The highest BCUT2D eigenvalue weighted by molar-refractivity contribution is 7.17. The summed E-state index contributed by atoms with van der Waals surface area (Å²) in [6, 6.07) is 15.6. The summed E-state index contributed by atoms with van der Waals surface area (Å²) in [6.07, 6.45) is 2.07. The standard InChI is InChI=1S/C25H22N4O3S/c1-2-32-22-10-17(3-4-18(22)12-25(30)31)21-13-24(29-15-28-21)27-7-5-16-9-19-6-8-33-23(19)11-20(16)14-26/h3-4,6,8-11,13,15H,2,5,7,12H2,1H3,(H,30,31)(H,27,28,29). The molecule has 0 aliphatic heterocycles. The van der Waals surface area contributed by atoms with Crippen molar-refractivity contribution in [3.8, 4) is 23.1 Å². The van der Waals surface area contributed by atoms with Crippen molar-refractivity contribution in [3.63, 3.8) is 0 Å². The van der Waals surface area contributed by atoms with Crippen LogP contribution in [0.25, 0.3) is 21.3 Å². The van der Waals surface area contributed by atoms with Gasteiger partial charge in [-0.05, 0) is 53.9 Å². The first-order chi connectivity index (χ1) is 16.1. The molecule has 0 fully saturated rings. The number of hydrogen-bond acceptors (Lipinski definition) is 7. The van der Waals surface area contributed by atoms with E-state index in [9.17, 15) is 10.1 Å². The Balaban J connectivity index is 1.49. The number of aliphatic carboxylic acids is 1. The fraction of sp³-hybridized carbons (Fsp3) is 0.200. The van der Waals surface area contributed by atoms with Crippen molar-refractivity contribution < 1.29 is 14.6 Å². The molecule has 2 heterocycles. The lowest BCUT2D eigenvalue weighted by Crippen LogP contribution is -2.08. The van der Waals surface area contributed by atoms with Gasteiger partial charge in [0.1, 0.15) is 17.9 Å². The lowest BCUT2D eigenvalue weighted by molar-refractivity contribution is -0.136. The quantitative estimate of drug-likeness (QED) is 0.367. The van der Waals surface area contributed by atoms with E-state index in [1.54, 1.807) is 17.4 Å². The summed E-state index contributed by atoms with van der Waals surface area (Å²) in [5, 5.41) is 25.1. The third kappa shape index (κ3) is 5.27. The minimum absolute atomic E-state index is 0.103. The zero-order chi connectivity index (χ0) is 23.2. The van der Waals surface area contributed by atoms with Crippen LogP contribution in [0.5, 0.6) is 5.75 Å². The number of nitrogens with one attached hydrogen (secondary N) is 1. The van der Waals surface area contributed by atoms with Crippen LogP contribution >= 0.6 is 11.3 Å². The molecule has 7 nitrogen and oxygen atoms in total. The van der Waals surface area contributed by atoms with E-state index in [-0.39, 0.29) is 6.42 Å². The van der Waals surface area contributed by atoms with Crippen LogP contribution in [0, 0.1) is 11.3 Å². The fourth-order valence-corrected chi connectivity index (χ4v) is 4.43. The summed E-state index contributed by atoms with van der Waals surface area (Å²) < 4.78 is 6.76. The zero-order valence-electron chi connectivity index (χ0n) is 18.0. The Labute approximate surface area is 195 Å². The number of thiophene rings is 1. The molecule has 8 heteroatoms. The summed E-state index contributed by atoms with van der Waals surface area (Å²) in [5.74, 6) is 0.302. The normalized spacial score (nSPS) is 10.7. The summed E-state index contributed by atoms with van der Waals surface area (Å²) in [7, 11) is 0. The van der Waals surface area contributed by atoms with Crippen LogP contribution in [-0.2, 0) is 17.6 Å². The lowest BCUT2D eigenvalue weighted by atomic mass is 10.0. The highest BCUT2D eigenvalue weighted by Crippen LogP contribution is 2.28. The second kappa shape index (κ2) is 10.1. The maximum absolute atomic E-state index is 11.1. The minimum atomic E-state index is -0.907. The number of nitrogens with zero attached hydrogens (tertiary/aromatic N) is 3. The molecule has 0 aliphatic rings. The van der Waals surface area contributed by atoms with E-state index in [1.165, 1.54) is 6.33 Å². The number of benzene rings is 2. The Morgan fingerprint density at radius 1 is 1.18 bits per heavy atom. The number of anilines is 1. The molecule has 2 aromatic heterocycles. The van der Waals surface area contributed by atoms with E-state index >= 15 is 0 Å². The van der Waals surface area contributed by atoms with E-state index in [4.69, 9.17) is 9.84 Å². The summed E-state index contributed by atoms with van der Waals surface area (Å²) in [6.45, 7) is 2.91. The van der Waals surface area contributed by atoms with Crippen LogP contribution in [0.3, 0.4) is 0 Å². The monoisotopic (exact) mass is 458 g/mol. The molecule has 0 amide bonds. The van der Waals surface area contributed by atoms with Crippen LogP contribution in [0.4, 0.5) is 5.82 Å². The average Bonchev–Trinajstić information content (AvgIpc) is 3.27. The molecule has 0 unspecified atom stereocenters. The SMILES string of the molecule is CCOc1cc(-c2cc(NCCc3cc4ccsc4cc3C#N)ncn2)ccc1CC(=O)O. The van der Waals surface area contributed by atoms with Crippen molar-refractivity contribution in [3.05, 3.63) is 70.9 Å². The van der Waals surface area contributed by atoms with Gasteiger partial charge in [-0.1, -0.05) is 12.1 Å². The molecular formula is C25H22N4O3S. The number of rotatable bonds is 9. The van der Waals surface area contributed by atoms with Crippen LogP contribution in [-0.4, -0.2) is 34.2 Å². The Morgan fingerprint density at radius 3 is 2.85 bits per heavy atom. The van der Waals surface area contributed by atoms with Gasteiger partial charge in [-0.25, -0.2) is 9.97 Å². The number of fused-ring (bicyclic) bond motifs is 1. The van der Waals surface area contributed by atoms with Crippen molar-refractivity contribution in [2.45, 2.75) is 19.8 Å². The minimum Gasteiger partial charge on any atom is -0.494 e. The molecular weight excluding hydrogens is 436 g/mol. The third-order valence-corrected chi connectivity index (χ3v) is 6.05. The third-order valence-electron chi connectivity index (χ3n) is 5.17. The smallest absolute Gasteiger partial charge is 0.307 e. The Morgan fingerprint density at radius 2 is 2.06 bits per heavy atom. The van der Waals surface area contributed by atoms with Gasteiger partial charge in [0.15, 0.2) is 0 Å². The number of aromatic nitrogens is 2. The summed E-state index contributed by atoms with van der Waals surface area (Å²) >= 11 is 1.63. The average molecular weight is 459 g/mol. The van der Waals surface area contributed by atoms with Crippen molar-refractivity contribution in [1.29, 1.82) is 5.26 Å². The Bertz CT molecular complexity index is 1340.